The fourth-order valence-electron chi connectivity index (χ4n) is 4.08. The van der Waals surface area contributed by atoms with Gasteiger partial charge in [0.1, 0.15) is 30.3 Å². The first-order chi connectivity index (χ1) is 12.2. The molecule has 1 aromatic carbocycles. The number of hydrogen-bond acceptors (Lipinski definition) is 5. The molecule has 25 heavy (non-hydrogen) atoms. The number of aliphatic hydroxyl groups is 1. The van der Waals surface area contributed by atoms with Crippen molar-refractivity contribution in [2.45, 2.75) is 31.6 Å². The van der Waals surface area contributed by atoms with Crippen molar-refractivity contribution in [3.8, 4) is 5.75 Å². The third kappa shape index (κ3) is 3.82. The maximum absolute atomic E-state index is 13.0. The summed E-state index contributed by atoms with van der Waals surface area (Å²) in [4.78, 5) is 6.40. The van der Waals surface area contributed by atoms with Crippen molar-refractivity contribution in [3.63, 3.8) is 0 Å². The average Bonchev–Trinajstić information content (AvgIpc) is 3.24. The first kappa shape index (κ1) is 16.5. The van der Waals surface area contributed by atoms with Crippen LogP contribution in [0.5, 0.6) is 5.75 Å². The average molecular weight is 346 g/mol. The Bertz CT molecular complexity index is 679. The molecule has 0 radical (unpaired) electrons. The molecule has 1 N–H and O–H groups in total. The number of rotatable bonds is 5. The van der Waals surface area contributed by atoms with Crippen LogP contribution >= 0.6 is 0 Å². The van der Waals surface area contributed by atoms with Crippen molar-refractivity contribution in [3.05, 3.63) is 42.7 Å². The third-order valence-electron chi connectivity index (χ3n) is 5.37. The molecule has 134 valence electrons. The van der Waals surface area contributed by atoms with E-state index < -0.39 is 6.10 Å². The lowest BCUT2D eigenvalue weighted by Gasteiger charge is -2.35. The summed E-state index contributed by atoms with van der Waals surface area (Å²) < 4.78 is 20.8. The minimum Gasteiger partial charge on any atom is -0.488 e. The molecular weight excluding hydrogens is 323 g/mol. The highest BCUT2D eigenvalue weighted by Gasteiger charge is 2.42. The summed E-state index contributed by atoms with van der Waals surface area (Å²) in [7, 11) is 0. The van der Waals surface area contributed by atoms with Crippen LogP contribution in [-0.2, 0) is 6.54 Å². The van der Waals surface area contributed by atoms with E-state index in [0.717, 1.165) is 39.0 Å². The SMILES string of the molecule is O[C@@H]1C[C@H]2CN(CCn3cncn3)C[C@H]2C[C@H]1Oc1ccc(F)cc1. The zero-order valence-corrected chi connectivity index (χ0v) is 14.0. The van der Waals surface area contributed by atoms with Crippen LogP contribution in [0.4, 0.5) is 4.39 Å². The van der Waals surface area contributed by atoms with Gasteiger partial charge in [-0.2, -0.15) is 5.10 Å². The van der Waals surface area contributed by atoms with E-state index in [0.29, 0.717) is 17.6 Å². The van der Waals surface area contributed by atoms with Crippen molar-refractivity contribution in [1.29, 1.82) is 0 Å². The number of nitrogens with zero attached hydrogens (tertiary/aromatic N) is 4. The van der Waals surface area contributed by atoms with E-state index in [-0.39, 0.29) is 11.9 Å². The molecule has 6 nitrogen and oxygen atoms in total. The highest BCUT2D eigenvalue weighted by molar-refractivity contribution is 5.22. The van der Waals surface area contributed by atoms with Gasteiger partial charge in [-0.05, 0) is 48.9 Å². The second-order valence-corrected chi connectivity index (χ2v) is 7.09. The van der Waals surface area contributed by atoms with Gasteiger partial charge in [0.15, 0.2) is 0 Å². The summed E-state index contributed by atoms with van der Waals surface area (Å²) in [6.07, 6.45) is 4.19. The molecule has 1 saturated heterocycles. The van der Waals surface area contributed by atoms with Gasteiger partial charge in [-0.1, -0.05) is 0 Å². The van der Waals surface area contributed by atoms with Gasteiger partial charge in [0.05, 0.1) is 12.6 Å². The standard InChI is InChI=1S/C18H23FN4O2/c19-15-1-3-16(4-2-15)25-18-8-14-10-22(9-13(14)7-17(18)24)5-6-23-12-20-11-21-23/h1-4,11-14,17-18,24H,5-10H2/t13-,14+,17+,18+/m0/s1. The largest absolute Gasteiger partial charge is 0.488 e. The van der Waals surface area contributed by atoms with Crippen LogP contribution in [0.2, 0.25) is 0 Å². The Morgan fingerprint density at radius 3 is 2.60 bits per heavy atom. The number of aromatic nitrogens is 3. The maximum Gasteiger partial charge on any atom is 0.137 e. The highest BCUT2D eigenvalue weighted by atomic mass is 19.1. The second-order valence-electron chi connectivity index (χ2n) is 7.09. The molecule has 1 saturated carbocycles. The van der Waals surface area contributed by atoms with Crippen LogP contribution in [0, 0.1) is 17.7 Å². The highest BCUT2D eigenvalue weighted by Crippen LogP contribution is 2.37. The van der Waals surface area contributed by atoms with E-state index in [9.17, 15) is 9.50 Å². The molecule has 2 aliphatic rings. The number of hydrogen-bond donors (Lipinski definition) is 1. The van der Waals surface area contributed by atoms with Crippen molar-refractivity contribution in [2.24, 2.45) is 11.8 Å². The maximum atomic E-state index is 13.0. The molecule has 2 aromatic rings. The van der Waals surface area contributed by atoms with E-state index >= 15 is 0 Å². The van der Waals surface area contributed by atoms with Crippen LogP contribution in [0.1, 0.15) is 12.8 Å². The fraction of sp³-hybridized carbons (Fsp3) is 0.556. The number of fused-ring (bicyclic) bond motifs is 1. The van der Waals surface area contributed by atoms with E-state index in [2.05, 4.69) is 15.0 Å². The van der Waals surface area contributed by atoms with Gasteiger partial charge >= 0.3 is 0 Å². The van der Waals surface area contributed by atoms with Gasteiger partial charge in [0.2, 0.25) is 0 Å². The quantitative estimate of drug-likeness (QED) is 0.890. The van der Waals surface area contributed by atoms with Crippen LogP contribution in [0.15, 0.2) is 36.9 Å². The molecular formula is C18H23FN4O2. The molecule has 2 heterocycles. The molecule has 4 rings (SSSR count). The third-order valence-corrected chi connectivity index (χ3v) is 5.37. The molecule has 1 aliphatic carbocycles. The first-order valence-electron chi connectivity index (χ1n) is 8.82. The molecule has 0 unspecified atom stereocenters. The van der Waals surface area contributed by atoms with Crippen molar-refractivity contribution < 1.29 is 14.2 Å². The lowest BCUT2D eigenvalue weighted by atomic mass is 9.78. The number of ether oxygens (including phenoxy) is 1. The monoisotopic (exact) mass is 346 g/mol. The first-order valence-corrected chi connectivity index (χ1v) is 8.82. The molecule has 1 aliphatic heterocycles. The summed E-state index contributed by atoms with van der Waals surface area (Å²) in [5, 5.41) is 14.6. The molecule has 1 aromatic heterocycles. The number of halogens is 1. The van der Waals surface area contributed by atoms with Gasteiger partial charge in [0, 0.05) is 19.6 Å². The zero-order chi connectivity index (χ0) is 17.2. The van der Waals surface area contributed by atoms with Crippen LogP contribution in [-0.4, -0.2) is 56.6 Å². The molecule has 0 amide bonds. The van der Waals surface area contributed by atoms with E-state index in [1.807, 2.05) is 4.68 Å². The zero-order valence-electron chi connectivity index (χ0n) is 14.0. The molecule has 0 spiro atoms. The topological polar surface area (TPSA) is 63.4 Å². The predicted molar refractivity (Wildman–Crippen MR) is 89.5 cm³/mol. The minimum atomic E-state index is -0.471. The summed E-state index contributed by atoms with van der Waals surface area (Å²) in [6.45, 7) is 3.81. The summed E-state index contributed by atoms with van der Waals surface area (Å²) in [5.41, 5.74) is 0. The smallest absolute Gasteiger partial charge is 0.137 e. The molecule has 7 heteroatoms. The van der Waals surface area contributed by atoms with Gasteiger partial charge in [-0.3, -0.25) is 4.68 Å². The molecule has 2 fully saturated rings. The Morgan fingerprint density at radius 2 is 1.88 bits per heavy atom. The minimum absolute atomic E-state index is 0.220. The van der Waals surface area contributed by atoms with Gasteiger partial charge in [-0.15, -0.1) is 0 Å². The van der Waals surface area contributed by atoms with Crippen molar-refractivity contribution in [1.82, 2.24) is 19.7 Å². The van der Waals surface area contributed by atoms with Crippen molar-refractivity contribution >= 4 is 0 Å². The second kappa shape index (κ2) is 7.09. The number of benzene rings is 1. The Morgan fingerprint density at radius 1 is 1.12 bits per heavy atom. The van der Waals surface area contributed by atoms with Gasteiger partial charge < -0.3 is 14.7 Å². The van der Waals surface area contributed by atoms with E-state index in [1.54, 1.807) is 24.8 Å². The summed E-state index contributed by atoms with van der Waals surface area (Å²) in [6, 6.07) is 6.00. The summed E-state index contributed by atoms with van der Waals surface area (Å²) in [5.74, 6) is 1.38. The predicted octanol–water partition coefficient (Wildman–Crippen LogP) is 1.57. The van der Waals surface area contributed by atoms with Crippen LogP contribution < -0.4 is 4.74 Å². The van der Waals surface area contributed by atoms with Gasteiger partial charge in [-0.25, -0.2) is 9.37 Å². The molecule has 4 atom stereocenters. The van der Waals surface area contributed by atoms with Gasteiger partial charge in [0.25, 0.3) is 0 Å². The van der Waals surface area contributed by atoms with E-state index in [4.69, 9.17) is 4.74 Å². The van der Waals surface area contributed by atoms with Crippen molar-refractivity contribution in [2.75, 3.05) is 19.6 Å². The van der Waals surface area contributed by atoms with Crippen LogP contribution in [0.25, 0.3) is 0 Å². The van der Waals surface area contributed by atoms with Crippen LogP contribution in [0.3, 0.4) is 0 Å². The summed E-state index contributed by atoms with van der Waals surface area (Å²) >= 11 is 0. The fourth-order valence-corrected chi connectivity index (χ4v) is 4.08. The Labute approximate surface area is 146 Å². The Balaban J connectivity index is 1.32. The Kier molecular flexibility index (Phi) is 4.67. The Hall–Kier alpha value is -1.99. The lowest BCUT2D eigenvalue weighted by molar-refractivity contribution is -0.0231. The molecule has 0 bridgehead atoms. The lowest BCUT2D eigenvalue weighted by Crippen LogP contribution is -2.42. The van der Waals surface area contributed by atoms with E-state index in [1.165, 1.54) is 12.1 Å². The number of aliphatic hydroxyl groups excluding tert-OH is 1. The normalized spacial score (nSPS) is 29.5. The number of likely N-dealkylation sites (tertiary alicyclic amines) is 1.